The first kappa shape index (κ1) is 31.5. The normalized spacial score (nSPS) is 25.3. The summed E-state index contributed by atoms with van der Waals surface area (Å²) in [5.74, 6) is 0.487. The van der Waals surface area contributed by atoms with Crippen LogP contribution in [-0.4, -0.2) is 113 Å². The van der Waals surface area contributed by atoms with E-state index in [1.165, 1.54) is 6.08 Å². The Balaban J connectivity index is 1.29. The van der Waals surface area contributed by atoms with Gasteiger partial charge in [0.1, 0.15) is 5.54 Å². The average Bonchev–Trinajstić information content (AvgIpc) is 3.60. The minimum absolute atomic E-state index is 0.0447. The second-order valence-electron chi connectivity index (χ2n) is 13.6. The molecule has 1 spiro atoms. The van der Waals surface area contributed by atoms with Crippen LogP contribution in [0.4, 0.5) is 14.6 Å². The molecule has 10 nitrogen and oxygen atoms in total. The van der Waals surface area contributed by atoms with Crippen LogP contribution in [0.2, 0.25) is 5.02 Å². The number of amides is 1. The Morgan fingerprint density at radius 2 is 2.00 bits per heavy atom. The summed E-state index contributed by atoms with van der Waals surface area (Å²) >= 11 is 7.09. The number of halogens is 3. The fourth-order valence-electron chi connectivity index (χ4n) is 8.27. The molecule has 1 amide bonds. The van der Waals surface area contributed by atoms with Crippen LogP contribution in [0.25, 0.3) is 22.0 Å². The van der Waals surface area contributed by atoms with Crippen LogP contribution in [0.5, 0.6) is 0 Å². The van der Waals surface area contributed by atoms with Gasteiger partial charge < -0.3 is 19.3 Å². The predicted octanol–water partition coefficient (Wildman–Crippen LogP) is 5.00. The number of piperazine rings is 1. The van der Waals surface area contributed by atoms with Gasteiger partial charge in [-0.25, -0.2) is 8.78 Å². The third-order valence-corrected chi connectivity index (χ3v) is 11.3. The molecule has 7 rings (SSSR count). The van der Waals surface area contributed by atoms with Gasteiger partial charge in [-0.05, 0) is 50.8 Å². The number of aromatic amines is 1. The number of ether oxygens (including phenoxy) is 2. The Hall–Kier alpha value is -3.06. The molecule has 4 fully saturated rings. The zero-order chi connectivity index (χ0) is 32.4. The highest BCUT2D eigenvalue weighted by Crippen LogP contribution is 2.56. The third-order valence-electron chi connectivity index (χ3n) is 10.8. The highest BCUT2D eigenvalue weighted by molar-refractivity contribution is 6.36. The van der Waals surface area contributed by atoms with Gasteiger partial charge in [-0.3, -0.25) is 19.5 Å². The van der Waals surface area contributed by atoms with Crippen LogP contribution in [0.15, 0.2) is 24.9 Å². The third kappa shape index (κ3) is 5.03. The van der Waals surface area contributed by atoms with Gasteiger partial charge in [0.2, 0.25) is 5.91 Å². The van der Waals surface area contributed by atoms with Gasteiger partial charge in [0.25, 0.3) is 6.43 Å². The zero-order valence-electron chi connectivity index (χ0n) is 26.7. The van der Waals surface area contributed by atoms with Crippen molar-refractivity contribution in [1.29, 1.82) is 0 Å². The van der Waals surface area contributed by atoms with E-state index in [0.717, 1.165) is 46.1 Å². The van der Waals surface area contributed by atoms with Crippen LogP contribution >= 0.6 is 11.6 Å². The van der Waals surface area contributed by atoms with Crippen LogP contribution in [-0.2, 0) is 14.3 Å². The van der Waals surface area contributed by atoms with Crippen LogP contribution in [0, 0.1) is 19.3 Å². The predicted molar refractivity (Wildman–Crippen MR) is 173 cm³/mol. The van der Waals surface area contributed by atoms with E-state index in [0.29, 0.717) is 63.4 Å². The van der Waals surface area contributed by atoms with Gasteiger partial charge in [0.15, 0.2) is 5.82 Å². The van der Waals surface area contributed by atoms with Crippen molar-refractivity contribution in [3.05, 3.63) is 41.2 Å². The molecule has 3 aromatic rings. The van der Waals surface area contributed by atoms with Crippen molar-refractivity contribution < 1.29 is 23.0 Å². The van der Waals surface area contributed by atoms with E-state index in [2.05, 4.69) is 21.7 Å². The summed E-state index contributed by atoms with van der Waals surface area (Å²) < 4.78 is 44.6. The topological polar surface area (TPSA) is 91.8 Å². The summed E-state index contributed by atoms with van der Waals surface area (Å²) in [5, 5.41) is 14.0. The number of likely N-dealkylation sites (tertiary alicyclic amines) is 1. The molecule has 4 aliphatic rings. The van der Waals surface area contributed by atoms with E-state index >= 15 is 8.78 Å². The first-order valence-electron chi connectivity index (χ1n) is 16.2. The summed E-state index contributed by atoms with van der Waals surface area (Å²) in [4.78, 5) is 17.9. The van der Waals surface area contributed by atoms with Crippen molar-refractivity contribution in [2.24, 2.45) is 5.41 Å². The first-order chi connectivity index (χ1) is 22.1. The molecular formula is C33H42ClF2N7O3. The molecule has 1 aliphatic carbocycles. The van der Waals surface area contributed by atoms with Gasteiger partial charge in [-0.1, -0.05) is 25.1 Å². The number of anilines is 1. The van der Waals surface area contributed by atoms with Crippen molar-refractivity contribution in [3.8, 4) is 11.1 Å². The van der Waals surface area contributed by atoms with Gasteiger partial charge in [0, 0.05) is 66.9 Å². The number of fused-ring (bicyclic) bond motifs is 1. The maximum atomic E-state index is 15.5. The number of nitrogens with one attached hydrogen (secondary N) is 1. The molecule has 0 bridgehead atoms. The van der Waals surface area contributed by atoms with Crippen molar-refractivity contribution in [2.75, 3.05) is 64.0 Å². The molecule has 1 N–H and O–H groups in total. The van der Waals surface area contributed by atoms with Gasteiger partial charge in [0.05, 0.1) is 48.7 Å². The van der Waals surface area contributed by atoms with E-state index < -0.39 is 12.0 Å². The van der Waals surface area contributed by atoms with Crippen LogP contribution < -0.4 is 4.90 Å². The van der Waals surface area contributed by atoms with Crippen molar-refractivity contribution in [3.63, 3.8) is 0 Å². The maximum absolute atomic E-state index is 15.5. The molecule has 46 heavy (non-hydrogen) atoms. The monoisotopic (exact) mass is 657 g/mol. The maximum Gasteiger partial charge on any atom is 0.262 e. The minimum Gasteiger partial charge on any atom is -0.376 e. The fourth-order valence-corrected chi connectivity index (χ4v) is 8.52. The lowest BCUT2D eigenvalue weighted by atomic mass is 9.60. The summed E-state index contributed by atoms with van der Waals surface area (Å²) in [7, 11) is 0. The van der Waals surface area contributed by atoms with E-state index in [4.69, 9.17) is 26.2 Å². The quantitative estimate of drug-likeness (QED) is 0.341. The number of nitrogens with zero attached hydrogens (tertiary/aromatic N) is 6. The molecule has 3 aliphatic heterocycles. The average molecular weight is 658 g/mol. The molecule has 1 saturated carbocycles. The molecule has 3 saturated heterocycles. The first-order valence-corrected chi connectivity index (χ1v) is 16.6. The van der Waals surface area contributed by atoms with E-state index in [9.17, 15) is 4.79 Å². The van der Waals surface area contributed by atoms with Gasteiger partial charge in [-0.15, -0.1) is 0 Å². The Labute approximate surface area is 272 Å². The number of rotatable bonds is 8. The van der Waals surface area contributed by atoms with E-state index in [1.54, 1.807) is 6.20 Å². The SMILES string of the molecule is C=CC(=O)N1CC2(CC(n3nc(N4CCN(C[C@@H]5COCCO5)C[C@@]4(CC)C(F)F)c(-c4c(Cl)c(C)cc5[nH]ncc45)c3C)C2)C1. The Morgan fingerprint density at radius 1 is 1.22 bits per heavy atom. The molecule has 13 heteroatoms. The fraction of sp³-hybridized carbons (Fsp3) is 0.606. The summed E-state index contributed by atoms with van der Waals surface area (Å²) in [5.41, 5.74) is 2.71. The zero-order valence-corrected chi connectivity index (χ0v) is 27.5. The number of H-pyrrole nitrogens is 1. The number of hydrogen-bond donors (Lipinski definition) is 1. The number of carbonyl (C=O) groups excluding carboxylic acids is 1. The Bertz CT molecular complexity index is 1640. The largest absolute Gasteiger partial charge is 0.376 e. The second-order valence-corrected chi connectivity index (χ2v) is 14.0. The van der Waals surface area contributed by atoms with Gasteiger partial charge >= 0.3 is 0 Å². The number of aryl methyl sites for hydroxylation is 1. The number of carbonyl (C=O) groups is 1. The number of benzene rings is 1. The highest BCUT2D eigenvalue weighted by atomic mass is 35.5. The van der Waals surface area contributed by atoms with Gasteiger partial charge in [-0.2, -0.15) is 10.2 Å². The molecule has 0 unspecified atom stereocenters. The van der Waals surface area contributed by atoms with E-state index in [1.807, 2.05) is 41.3 Å². The molecule has 1 aromatic carbocycles. The molecule has 248 valence electrons. The van der Waals surface area contributed by atoms with Crippen molar-refractivity contribution in [1.82, 2.24) is 29.8 Å². The minimum atomic E-state index is -2.63. The second kappa shape index (κ2) is 11.9. The lowest BCUT2D eigenvalue weighted by Crippen LogP contribution is -2.67. The molecule has 5 heterocycles. The molecule has 2 atom stereocenters. The van der Waals surface area contributed by atoms with Crippen LogP contribution in [0.1, 0.15) is 43.5 Å². The van der Waals surface area contributed by atoms with Crippen LogP contribution in [0.3, 0.4) is 0 Å². The summed E-state index contributed by atoms with van der Waals surface area (Å²) in [6.07, 6.45) is 2.31. The van der Waals surface area contributed by atoms with E-state index in [-0.39, 0.29) is 36.4 Å². The molecule has 0 radical (unpaired) electrons. The molecule has 2 aromatic heterocycles. The highest BCUT2D eigenvalue weighted by Gasteiger charge is 2.55. The van der Waals surface area contributed by atoms with Crippen molar-refractivity contribution in [2.45, 2.75) is 64.1 Å². The number of hydrogen-bond acceptors (Lipinski definition) is 7. The Morgan fingerprint density at radius 3 is 2.67 bits per heavy atom. The smallest absolute Gasteiger partial charge is 0.262 e. The molecular weight excluding hydrogens is 616 g/mol. The lowest BCUT2D eigenvalue weighted by molar-refractivity contribution is -0.149. The van der Waals surface area contributed by atoms with Crippen molar-refractivity contribution >= 4 is 34.2 Å². The lowest BCUT2D eigenvalue weighted by Gasteiger charge is -2.58. The number of alkyl halides is 2. The number of aromatic nitrogens is 4. The standard InChI is InChI=1S/C33H42ClF2N7O3/c1-5-26(44)41-17-32(18-41)12-22(13-32)43-21(4)27(28-24-14-37-38-25(24)11-20(3)29(28)34)30(39-43)42-8-7-40(15-23-16-45-9-10-46-23)19-33(42,6-2)31(35)36/h5,11,14,22-23,31H,1,6-10,12-13,15-19H2,2-4H3,(H,37,38)/t23-,33+/m1/s1. The Kier molecular flexibility index (Phi) is 8.14. The summed E-state index contributed by atoms with van der Waals surface area (Å²) in [6.45, 7) is 14.0. The summed E-state index contributed by atoms with van der Waals surface area (Å²) in [6, 6.07) is 2.05.